The number of aromatic nitrogens is 1. The second-order valence-electron chi connectivity index (χ2n) is 3.22. The molecule has 82 valence electrons. The minimum Gasteiger partial charge on any atom is -0.370 e. The number of nitrogens with zero attached hydrogens (tertiary/aromatic N) is 1. The van der Waals surface area contributed by atoms with E-state index in [2.05, 4.69) is 10.3 Å². The molecule has 1 aromatic rings. The standard InChI is InChI=1S/C10H16N4O/c11-5-1-2-6-13-9-4-3-8(7-14-9)10(12)15/h3-4,7H,1-2,5-6,11H2,(H2,12,15)(H,13,14). The van der Waals surface area contributed by atoms with Crippen molar-refractivity contribution in [2.75, 3.05) is 18.4 Å². The van der Waals surface area contributed by atoms with Gasteiger partial charge in [0, 0.05) is 12.7 Å². The molecule has 0 unspecified atom stereocenters. The molecule has 1 heterocycles. The Balaban J connectivity index is 2.39. The van der Waals surface area contributed by atoms with E-state index < -0.39 is 5.91 Å². The summed E-state index contributed by atoms with van der Waals surface area (Å²) in [6, 6.07) is 3.39. The summed E-state index contributed by atoms with van der Waals surface area (Å²) in [5.41, 5.74) is 10.9. The predicted molar refractivity (Wildman–Crippen MR) is 59.5 cm³/mol. The van der Waals surface area contributed by atoms with Crippen molar-refractivity contribution in [3.8, 4) is 0 Å². The van der Waals surface area contributed by atoms with Crippen molar-refractivity contribution in [3.05, 3.63) is 23.9 Å². The van der Waals surface area contributed by atoms with Crippen LogP contribution in [0.25, 0.3) is 0 Å². The summed E-state index contributed by atoms with van der Waals surface area (Å²) in [5.74, 6) is 0.286. The van der Waals surface area contributed by atoms with Crippen molar-refractivity contribution in [1.82, 2.24) is 4.98 Å². The first-order valence-electron chi connectivity index (χ1n) is 4.94. The van der Waals surface area contributed by atoms with Gasteiger partial charge in [-0.15, -0.1) is 0 Å². The average Bonchev–Trinajstić information content (AvgIpc) is 2.25. The van der Waals surface area contributed by atoms with E-state index in [1.165, 1.54) is 6.20 Å². The van der Waals surface area contributed by atoms with E-state index in [-0.39, 0.29) is 0 Å². The normalized spacial score (nSPS) is 9.93. The number of pyridine rings is 1. The average molecular weight is 208 g/mol. The fourth-order valence-corrected chi connectivity index (χ4v) is 1.13. The lowest BCUT2D eigenvalue weighted by Crippen LogP contribution is -2.12. The summed E-state index contributed by atoms with van der Waals surface area (Å²) in [4.78, 5) is 14.8. The number of amides is 1. The van der Waals surface area contributed by atoms with E-state index in [4.69, 9.17) is 11.5 Å². The van der Waals surface area contributed by atoms with Crippen LogP contribution in [-0.4, -0.2) is 24.0 Å². The number of nitrogens with one attached hydrogen (secondary N) is 1. The summed E-state index contributed by atoms with van der Waals surface area (Å²) in [6.45, 7) is 1.54. The van der Waals surface area contributed by atoms with Crippen molar-refractivity contribution >= 4 is 11.7 Å². The number of carbonyl (C=O) groups is 1. The van der Waals surface area contributed by atoms with Gasteiger partial charge in [0.25, 0.3) is 0 Å². The van der Waals surface area contributed by atoms with Gasteiger partial charge in [0.2, 0.25) is 5.91 Å². The van der Waals surface area contributed by atoms with Gasteiger partial charge in [0.1, 0.15) is 5.82 Å². The fraction of sp³-hybridized carbons (Fsp3) is 0.400. The number of rotatable bonds is 6. The van der Waals surface area contributed by atoms with E-state index in [1.807, 2.05) is 0 Å². The molecule has 0 spiro atoms. The quantitative estimate of drug-likeness (QED) is 0.587. The third kappa shape index (κ3) is 3.95. The second kappa shape index (κ2) is 5.98. The number of anilines is 1. The molecule has 0 bridgehead atoms. The predicted octanol–water partition coefficient (Wildman–Crippen LogP) is 0.331. The molecular formula is C10H16N4O. The van der Waals surface area contributed by atoms with Crippen LogP contribution in [0, 0.1) is 0 Å². The molecule has 0 fully saturated rings. The third-order valence-electron chi connectivity index (χ3n) is 1.99. The fourth-order valence-electron chi connectivity index (χ4n) is 1.13. The SMILES string of the molecule is NCCCCNc1ccc(C(N)=O)cn1. The zero-order chi connectivity index (χ0) is 11.1. The molecule has 5 N–H and O–H groups in total. The molecule has 5 nitrogen and oxygen atoms in total. The van der Waals surface area contributed by atoms with Crippen molar-refractivity contribution in [1.29, 1.82) is 0 Å². The first-order chi connectivity index (χ1) is 7.24. The molecule has 15 heavy (non-hydrogen) atoms. The largest absolute Gasteiger partial charge is 0.370 e. The molecule has 0 saturated heterocycles. The van der Waals surface area contributed by atoms with Gasteiger partial charge >= 0.3 is 0 Å². The highest BCUT2D eigenvalue weighted by Gasteiger charge is 1.99. The van der Waals surface area contributed by atoms with Crippen molar-refractivity contribution in [3.63, 3.8) is 0 Å². The van der Waals surface area contributed by atoms with E-state index in [0.717, 1.165) is 25.2 Å². The van der Waals surface area contributed by atoms with Gasteiger partial charge in [0.15, 0.2) is 0 Å². The van der Waals surface area contributed by atoms with Gasteiger partial charge in [-0.3, -0.25) is 4.79 Å². The van der Waals surface area contributed by atoms with E-state index in [0.29, 0.717) is 12.1 Å². The zero-order valence-electron chi connectivity index (χ0n) is 8.57. The Bertz CT molecular complexity index is 310. The Morgan fingerprint density at radius 1 is 1.40 bits per heavy atom. The first-order valence-corrected chi connectivity index (χ1v) is 4.94. The maximum absolute atomic E-state index is 10.8. The van der Waals surface area contributed by atoms with Crippen LogP contribution in [0.2, 0.25) is 0 Å². The molecule has 0 saturated carbocycles. The molecule has 0 atom stereocenters. The lowest BCUT2D eigenvalue weighted by molar-refractivity contribution is 0.1000. The Morgan fingerprint density at radius 2 is 2.20 bits per heavy atom. The minimum atomic E-state index is -0.461. The summed E-state index contributed by atoms with van der Waals surface area (Å²) in [6.07, 6.45) is 3.47. The van der Waals surface area contributed by atoms with Gasteiger partial charge in [-0.25, -0.2) is 4.98 Å². The maximum atomic E-state index is 10.8. The number of unbranched alkanes of at least 4 members (excludes halogenated alkanes) is 1. The molecule has 0 aromatic carbocycles. The van der Waals surface area contributed by atoms with Crippen LogP contribution in [-0.2, 0) is 0 Å². The van der Waals surface area contributed by atoms with Crippen molar-refractivity contribution < 1.29 is 4.79 Å². The van der Waals surface area contributed by atoms with Crippen molar-refractivity contribution in [2.45, 2.75) is 12.8 Å². The van der Waals surface area contributed by atoms with Crippen LogP contribution >= 0.6 is 0 Å². The summed E-state index contributed by atoms with van der Waals surface area (Å²) >= 11 is 0. The van der Waals surface area contributed by atoms with Crippen LogP contribution in [0.3, 0.4) is 0 Å². The van der Waals surface area contributed by atoms with Crippen LogP contribution in [0.4, 0.5) is 5.82 Å². The van der Waals surface area contributed by atoms with Gasteiger partial charge in [-0.2, -0.15) is 0 Å². The Hall–Kier alpha value is -1.62. The van der Waals surface area contributed by atoms with Crippen LogP contribution in [0.5, 0.6) is 0 Å². The van der Waals surface area contributed by atoms with Gasteiger partial charge < -0.3 is 16.8 Å². The number of hydrogen-bond donors (Lipinski definition) is 3. The summed E-state index contributed by atoms with van der Waals surface area (Å²) in [5, 5.41) is 3.13. The van der Waals surface area contributed by atoms with Crippen LogP contribution < -0.4 is 16.8 Å². The molecule has 0 aliphatic rings. The molecule has 5 heteroatoms. The molecule has 0 aliphatic heterocycles. The third-order valence-corrected chi connectivity index (χ3v) is 1.99. The van der Waals surface area contributed by atoms with Crippen LogP contribution in [0.15, 0.2) is 18.3 Å². The first kappa shape index (κ1) is 11.5. The summed E-state index contributed by atoms with van der Waals surface area (Å²) < 4.78 is 0. The molecule has 0 radical (unpaired) electrons. The van der Waals surface area contributed by atoms with E-state index in [1.54, 1.807) is 12.1 Å². The Labute approximate surface area is 88.9 Å². The van der Waals surface area contributed by atoms with E-state index in [9.17, 15) is 4.79 Å². The topological polar surface area (TPSA) is 94.0 Å². The minimum absolute atomic E-state index is 0.419. The highest BCUT2D eigenvalue weighted by atomic mass is 16.1. The van der Waals surface area contributed by atoms with Gasteiger partial charge in [-0.1, -0.05) is 0 Å². The Kier molecular flexibility index (Phi) is 4.56. The molecular weight excluding hydrogens is 192 g/mol. The number of carbonyl (C=O) groups excluding carboxylic acids is 1. The number of primary amides is 1. The van der Waals surface area contributed by atoms with Gasteiger partial charge in [-0.05, 0) is 31.5 Å². The van der Waals surface area contributed by atoms with Crippen molar-refractivity contribution in [2.24, 2.45) is 11.5 Å². The monoisotopic (exact) mass is 208 g/mol. The Morgan fingerprint density at radius 3 is 2.73 bits per heavy atom. The lowest BCUT2D eigenvalue weighted by Gasteiger charge is -2.04. The zero-order valence-corrected chi connectivity index (χ0v) is 8.57. The smallest absolute Gasteiger partial charge is 0.250 e. The van der Waals surface area contributed by atoms with E-state index >= 15 is 0 Å². The highest BCUT2D eigenvalue weighted by Crippen LogP contribution is 2.04. The van der Waals surface area contributed by atoms with Gasteiger partial charge in [0.05, 0.1) is 5.56 Å². The summed E-state index contributed by atoms with van der Waals surface area (Å²) in [7, 11) is 0. The second-order valence-corrected chi connectivity index (χ2v) is 3.22. The van der Waals surface area contributed by atoms with Crippen LogP contribution in [0.1, 0.15) is 23.2 Å². The molecule has 0 aliphatic carbocycles. The molecule has 1 rings (SSSR count). The number of hydrogen-bond acceptors (Lipinski definition) is 4. The highest BCUT2D eigenvalue weighted by molar-refractivity contribution is 5.92. The number of nitrogens with two attached hydrogens (primary N) is 2. The molecule has 1 amide bonds. The lowest BCUT2D eigenvalue weighted by atomic mass is 10.2. The molecule has 1 aromatic heterocycles. The maximum Gasteiger partial charge on any atom is 0.250 e.